The highest BCUT2D eigenvalue weighted by molar-refractivity contribution is 6.20. The Balaban J connectivity index is 1.41. The van der Waals surface area contributed by atoms with Gasteiger partial charge < -0.3 is 15.4 Å². The smallest absolute Gasteiger partial charge is 0.269 e. The van der Waals surface area contributed by atoms with E-state index in [2.05, 4.69) is 25.7 Å². The number of ether oxygens (including phenoxy) is 1. The Bertz CT molecular complexity index is 1580. The zero-order valence-electron chi connectivity index (χ0n) is 21.6. The maximum Gasteiger partial charge on any atom is 0.269 e. The Morgan fingerprint density at radius 3 is 2.59 bits per heavy atom. The summed E-state index contributed by atoms with van der Waals surface area (Å²) in [6.07, 6.45) is 3.47. The molecule has 0 fully saturated rings. The van der Waals surface area contributed by atoms with Crippen molar-refractivity contribution in [2.24, 2.45) is 4.99 Å². The van der Waals surface area contributed by atoms with E-state index in [-0.39, 0.29) is 11.7 Å². The molecule has 0 radical (unpaired) electrons. The van der Waals surface area contributed by atoms with Crippen LogP contribution in [0.2, 0.25) is 0 Å². The second-order valence-electron chi connectivity index (χ2n) is 9.47. The molecule has 0 saturated heterocycles. The Kier molecular flexibility index (Phi) is 6.36. The Labute approximate surface area is 225 Å². The molecular weight excluding hydrogens is 494 g/mol. The maximum absolute atomic E-state index is 13.9. The number of rotatable bonds is 5. The van der Waals surface area contributed by atoms with Gasteiger partial charge in [0.05, 0.1) is 17.5 Å². The van der Waals surface area contributed by atoms with E-state index in [9.17, 15) is 9.59 Å². The van der Waals surface area contributed by atoms with E-state index in [1.807, 2.05) is 68.4 Å². The van der Waals surface area contributed by atoms with E-state index in [0.717, 1.165) is 17.5 Å². The third-order valence-corrected chi connectivity index (χ3v) is 6.75. The summed E-state index contributed by atoms with van der Waals surface area (Å²) < 4.78 is 7.76. The van der Waals surface area contributed by atoms with Crippen molar-refractivity contribution in [1.29, 1.82) is 0 Å². The number of benzene rings is 2. The Morgan fingerprint density at radius 2 is 1.82 bits per heavy atom. The van der Waals surface area contributed by atoms with Crippen LogP contribution in [0.1, 0.15) is 47.6 Å². The van der Waals surface area contributed by atoms with Crippen LogP contribution in [-0.4, -0.2) is 49.5 Å². The van der Waals surface area contributed by atoms with E-state index in [1.54, 1.807) is 17.1 Å². The van der Waals surface area contributed by atoms with Gasteiger partial charge in [-0.15, -0.1) is 0 Å². The number of carbonyl (C=O) groups is 2. The van der Waals surface area contributed by atoms with Crippen LogP contribution in [0.5, 0.6) is 5.88 Å². The fourth-order valence-corrected chi connectivity index (χ4v) is 4.71. The van der Waals surface area contributed by atoms with Gasteiger partial charge in [0.1, 0.15) is 17.1 Å². The van der Waals surface area contributed by atoms with Crippen LogP contribution in [0.25, 0.3) is 11.3 Å². The van der Waals surface area contributed by atoms with Crippen LogP contribution in [0, 0.1) is 0 Å². The number of amides is 2. The molecule has 2 N–H and O–H groups in total. The van der Waals surface area contributed by atoms with E-state index in [1.165, 1.54) is 0 Å². The second kappa shape index (κ2) is 10.1. The molecule has 0 aliphatic carbocycles. The molecule has 6 rings (SSSR count). The van der Waals surface area contributed by atoms with Gasteiger partial charge in [0, 0.05) is 48.5 Å². The minimum atomic E-state index is -1.19. The number of para-hydroxylation sites is 1. The molecule has 2 aromatic carbocycles. The second-order valence-corrected chi connectivity index (χ2v) is 9.47. The van der Waals surface area contributed by atoms with Crippen molar-refractivity contribution in [2.45, 2.75) is 45.5 Å². The lowest BCUT2D eigenvalue weighted by Gasteiger charge is -2.22. The minimum Gasteiger partial charge on any atom is -0.474 e. The predicted molar refractivity (Wildman–Crippen MR) is 146 cm³/mol. The molecule has 2 aromatic heterocycles. The number of nitrogens with zero attached hydrogens (tertiary/aromatic N) is 5. The molecule has 2 aliphatic rings. The van der Waals surface area contributed by atoms with Gasteiger partial charge in [0.15, 0.2) is 0 Å². The summed E-state index contributed by atoms with van der Waals surface area (Å²) in [5, 5.41) is 10.4. The van der Waals surface area contributed by atoms with Gasteiger partial charge in [-0.1, -0.05) is 55.5 Å². The maximum atomic E-state index is 13.9. The fraction of sp³-hybridized carbons (Fsp3) is 0.241. The highest BCUT2D eigenvalue weighted by atomic mass is 16.5. The van der Waals surface area contributed by atoms with Crippen molar-refractivity contribution in [3.05, 3.63) is 89.5 Å². The van der Waals surface area contributed by atoms with E-state index in [0.29, 0.717) is 47.3 Å². The number of aliphatic imine (C=N–C) groups is 1. The summed E-state index contributed by atoms with van der Waals surface area (Å²) in [4.78, 5) is 40.7. The number of aromatic nitrogens is 4. The van der Waals surface area contributed by atoms with Gasteiger partial charge in [-0.05, 0) is 13.0 Å². The minimum absolute atomic E-state index is 0.0919. The van der Waals surface area contributed by atoms with Crippen LogP contribution in [-0.2, 0) is 17.8 Å². The summed E-state index contributed by atoms with van der Waals surface area (Å²) in [7, 11) is 0. The largest absolute Gasteiger partial charge is 0.474 e. The molecule has 10 nitrogen and oxygen atoms in total. The van der Waals surface area contributed by atoms with Crippen LogP contribution in [0.3, 0.4) is 0 Å². The topological polar surface area (TPSA) is 123 Å². The van der Waals surface area contributed by atoms with E-state index in [4.69, 9.17) is 9.73 Å². The Morgan fingerprint density at radius 1 is 1.08 bits per heavy atom. The third kappa shape index (κ3) is 4.65. The van der Waals surface area contributed by atoms with Gasteiger partial charge >= 0.3 is 0 Å². The number of benzodiazepines with no additional fused rings is 1. The zero-order chi connectivity index (χ0) is 26.9. The number of anilines is 1. The summed E-state index contributed by atoms with van der Waals surface area (Å²) in [6, 6.07) is 17.0. The first-order valence-corrected chi connectivity index (χ1v) is 12.9. The van der Waals surface area contributed by atoms with Gasteiger partial charge in [-0.2, -0.15) is 5.10 Å². The molecule has 0 bridgehead atoms. The zero-order valence-corrected chi connectivity index (χ0v) is 21.6. The number of fused-ring (bicyclic) bond motifs is 2. The van der Waals surface area contributed by atoms with Crippen molar-refractivity contribution in [1.82, 2.24) is 25.1 Å². The monoisotopic (exact) mass is 521 g/mol. The molecule has 10 heteroatoms. The summed E-state index contributed by atoms with van der Waals surface area (Å²) in [5.41, 5.74) is 4.01. The summed E-state index contributed by atoms with van der Waals surface area (Å²) in [5.74, 6) is 0.0675. The predicted octanol–water partition coefficient (Wildman–Crippen LogP) is 3.62. The van der Waals surface area contributed by atoms with Crippen molar-refractivity contribution in [3.8, 4) is 17.1 Å². The number of hydrogen-bond donors (Lipinski definition) is 2. The van der Waals surface area contributed by atoms with Crippen LogP contribution in [0.4, 0.5) is 5.69 Å². The first kappa shape index (κ1) is 24.5. The van der Waals surface area contributed by atoms with Crippen molar-refractivity contribution in [3.63, 3.8) is 0 Å². The van der Waals surface area contributed by atoms with Crippen LogP contribution >= 0.6 is 0 Å². The molecular formula is C29H27N7O3. The lowest BCUT2D eigenvalue weighted by Crippen LogP contribution is -2.42. The van der Waals surface area contributed by atoms with Crippen molar-refractivity contribution in [2.75, 3.05) is 5.32 Å². The van der Waals surface area contributed by atoms with Gasteiger partial charge in [-0.25, -0.2) is 19.6 Å². The molecule has 2 aliphatic heterocycles. The highest BCUT2D eigenvalue weighted by Crippen LogP contribution is 2.34. The van der Waals surface area contributed by atoms with Crippen LogP contribution in [0.15, 0.2) is 72.0 Å². The molecule has 2 atom stereocenters. The molecule has 0 spiro atoms. The van der Waals surface area contributed by atoms with E-state index >= 15 is 0 Å². The fourth-order valence-electron chi connectivity index (χ4n) is 4.71. The number of aryl methyl sites for hydroxylation is 2. The standard InChI is InChI=1S/C29H27N7O3/c1-3-22-30-15-19(16-31-22)25-23(29-36(35-25)14-13-17(2)39-29)27(37)34-26-28(38)32-21-12-8-7-11-20(21)24(33-26)18-9-5-4-6-10-18/h4-12,15-17,26H,3,13-14H2,1-2H3,(H,32,38)(H,34,37)/t17-,26-/m1/s1. The molecule has 39 heavy (non-hydrogen) atoms. The molecule has 196 valence electrons. The first-order chi connectivity index (χ1) is 19.0. The van der Waals surface area contributed by atoms with Gasteiger partial charge in [0.2, 0.25) is 12.0 Å². The number of hydrogen-bond acceptors (Lipinski definition) is 7. The average molecular weight is 522 g/mol. The number of carbonyl (C=O) groups excluding carboxylic acids is 2. The molecule has 2 amide bonds. The molecule has 0 saturated carbocycles. The normalized spacial score (nSPS) is 18.1. The number of nitrogens with one attached hydrogen (secondary N) is 2. The lowest BCUT2D eigenvalue weighted by molar-refractivity contribution is -0.117. The average Bonchev–Trinajstić information content (AvgIpc) is 3.28. The summed E-state index contributed by atoms with van der Waals surface area (Å²) >= 11 is 0. The molecule has 4 heterocycles. The lowest BCUT2D eigenvalue weighted by atomic mass is 10.0. The summed E-state index contributed by atoms with van der Waals surface area (Å²) in [6.45, 7) is 4.52. The van der Waals surface area contributed by atoms with E-state index < -0.39 is 18.0 Å². The molecule has 0 unspecified atom stereocenters. The molecule has 4 aromatic rings. The first-order valence-electron chi connectivity index (χ1n) is 12.9. The van der Waals surface area contributed by atoms with Crippen molar-refractivity contribution < 1.29 is 14.3 Å². The SMILES string of the molecule is CCc1ncc(-c2nn3c(c2C(=O)N[C@H]2N=C(c4ccccc4)c4ccccc4NC2=O)O[C@H](C)CC3)cn1. The quantitative estimate of drug-likeness (QED) is 0.414. The van der Waals surface area contributed by atoms with Gasteiger partial charge in [0.25, 0.3) is 11.8 Å². The van der Waals surface area contributed by atoms with Gasteiger partial charge in [-0.3, -0.25) is 9.59 Å². The van der Waals surface area contributed by atoms with Crippen molar-refractivity contribution >= 4 is 23.2 Å². The third-order valence-electron chi connectivity index (χ3n) is 6.75. The van der Waals surface area contributed by atoms with Crippen LogP contribution < -0.4 is 15.4 Å². The highest BCUT2D eigenvalue weighted by Gasteiger charge is 2.34. The Hall–Kier alpha value is -4.86.